The van der Waals surface area contributed by atoms with Gasteiger partial charge >= 0.3 is 0 Å². The first-order chi connectivity index (χ1) is 8.07. The van der Waals surface area contributed by atoms with Gasteiger partial charge in [-0.25, -0.2) is 0 Å². The Balaban J connectivity index is 2.44. The number of benzene rings is 1. The van der Waals surface area contributed by atoms with Gasteiger partial charge in [0.15, 0.2) is 0 Å². The molecule has 0 spiro atoms. The Morgan fingerprint density at radius 2 is 1.88 bits per heavy atom. The number of methoxy groups -OCH3 is 1. The molecule has 0 aliphatic rings. The molecule has 1 atom stereocenters. The van der Waals surface area contributed by atoms with E-state index < -0.39 is 0 Å². The van der Waals surface area contributed by atoms with E-state index in [1.54, 1.807) is 7.11 Å². The van der Waals surface area contributed by atoms with E-state index in [9.17, 15) is 0 Å². The summed E-state index contributed by atoms with van der Waals surface area (Å²) < 4.78 is 5.42. The molecule has 0 saturated carbocycles. The Morgan fingerprint density at radius 1 is 1.24 bits per heavy atom. The molecular formula is C15H25NO. The summed E-state index contributed by atoms with van der Waals surface area (Å²) in [6.45, 7) is 7.32. The summed E-state index contributed by atoms with van der Waals surface area (Å²) in [6, 6.07) is 11.2. The predicted octanol–water partition coefficient (Wildman–Crippen LogP) is 3.02. The third kappa shape index (κ3) is 5.33. The number of hydrogen-bond donors (Lipinski definition) is 1. The van der Waals surface area contributed by atoms with Crippen LogP contribution in [0, 0.1) is 0 Å². The molecule has 0 aromatic heterocycles. The molecule has 1 N–H and O–H groups in total. The molecule has 1 rings (SSSR count). The summed E-state index contributed by atoms with van der Waals surface area (Å²) in [5, 5.41) is 3.58. The lowest BCUT2D eigenvalue weighted by molar-refractivity contribution is 0.0209. The highest BCUT2D eigenvalue weighted by atomic mass is 16.5. The van der Waals surface area contributed by atoms with Crippen LogP contribution in [0.3, 0.4) is 0 Å². The van der Waals surface area contributed by atoms with Crippen LogP contribution in [0.15, 0.2) is 30.3 Å². The van der Waals surface area contributed by atoms with Gasteiger partial charge in [-0.15, -0.1) is 0 Å². The predicted molar refractivity (Wildman–Crippen MR) is 73.3 cm³/mol. The zero-order valence-electron chi connectivity index (χ0n) is 11.5. The molecule has 0 heterocycles. The maximum absolute atomic E-state index is 5.42. The molecule has 2 heteroatoms. The molecule has 0 amide bonds. The van der Waals surface area contributed by atoms with Gasteiger partial charge < -0.3 is 10.1 Å². The van der Waals surface area contributed by atoms with Gasteiger partial charge in [-0.05, 0) is 32.3 Å². The lowest BCUT2D eigenvalue weighted by Gasteiger charge is -2.27. The molecule has 0 bridgehead atoms. The SMILES string of the molecule is CCC(Cc1ccccc1)NCC(C)(C)OC. The monoisotopic (exact) mass is 235 g/mol. The van der Waals surface area contributed by atoms with Gasteiger partial charge in [-0.1, -0.05) is 37.3 Å². The topological polar surface area (TPSA) is 21.3 Å². The lowest BCUT2D eigenvalue weighted by Crippen LogP contribution is -2.42. The number of hydrogen-bond acceptors (Lipinski definition) is 2. The number of nitrogens with one attached hydrogen (secondary N) is 1. The summed E-state index contributed by atoms with van der Waals surface area (Å²) in [7, 11) is 1.76. The maximum Gasteiger partial charge on any atom is 0.0746 e. The molecule has 96 valence electrons. The minimum atomic E-state index is -0.0931. The van der Waals surface area contributed by atoms with E-state index >= 15 is 0 Å². The highest BCUT2D eigenvalue weighted by Crippen LogP contribution is 2.09. The van der Waals surface area contributed by atoms with Gasteiger partial charge in [0, 0.05) is 19.7 Å². The molecule has 1 aromatic rings. The number of ether oxygens (including phenoxy) is 1. The molecule has 1 aromatic carbocycles. The normalized spacial score (nSPS) is 13.6. The summed E-state index contributed by atoms with van der Waals surface area (Å²) in [5.74, 6) is 0. The first-order valence-corrected chi connectivity index (χ1v) is 6.40. The van der Waals surface area contributed by atoms with Crippen LogP contribution in [-0.2, 0) is 11.2 Å². The fourth-order valence-electron chi connectivity index (χ4n) is 1.72. The van der Waals surface area contributed by atoms with E-state index in [4.69, 9.17) is 4.74 Å². The third-order valence-corrected chi connectivity index (χ3v) is 3.19. The molecule has 0 aliphatic heterocycles. The molecule has 1 unspecified atom stereocenters. The quantitative estimate of drug-likeness (QED) is 0.784. The Bertz CT molecular complexity index is 308. The fourth-order valence-corrected chi connectivity index (χ4v) is 1.72. The van der Waals surface area contributed by atoms with Gasteiger partial charge in [0.25, 0.3) is 0 Å². The first-order valence-electron chi connectivity index (χ1n) is 6.40. The molecule has 0 saturated heterocycles. The molecule has 2 nitrogen and oxygen atoms in total. The Morgan fingerprint density at radius 3 is 2.41 bits per heavy atom. The van der Waals surface area contributed by atoms with E-state index in [0.29, 0.717) is 6.04 Å². The molecule has 0 aliphatic carbocycles. The fraction of sp³-hybridized carbons (Fsp3) is 0.600. The van der Waals surface area contributed by atoms with Crippen molar-refractivity contribution in [3.8, 4) is 0 Å². The van der Waals surface area contributed by atoms with Crippen molar-refractivity contribution in [3.05, 3.63) is 35.9 Å². The minimum Gasteiger partial charge on any atom is -0.377 e. The third-order valence-electron chi connectivity index (χ3n) is 3.19. The van der Waals surface area contributed by atoms with Crippen molar-refractivity contribution in [3.63, 3.8) is 0 Å². The Hall–Kier alpha value is -0.860. The van der Waals surface area contributed by atoms with Gasteiger partial charge in [0.2, 0.25) is 0 Å². The molecule has 0 radical (unpaired) electrons. The maximum atomic E-state index is 5.42. The second-order valence-electron chi connectivity index (χ2n) is 5.14. The average molecular weight is 235 g/mol. The van der Waals surface area contributed by atoms with Crippen molar-refractivity contribution in [2.45, 2.75) is 45.3 Å². The van der Waals surface area contributed by atoms with Crippen LogP contribution in [0.4, 0.5) is 0 Å². The van der Waals surface area contributed by atoms with E-state index in [1.807, 2.05) is 0 Å². The average Bonchev–Trinajstić information content (AvgIpc) is 2.35. The largest absolute Gasteiger partial charge is 0.377 e. The highest BCUT2D eigenvalue weighted by Gasteiger charge is 2.17. The number of rotatable bonds is 7. The second kappa shape index (κ2) is 6.77. The van der Waals surface area contributed by atoms with Crippen LogP contribution in [0.5, 0.6) is 0 Å². The van der Waals surface area contributed by atoms with Crippen LogP contribution in [0.2, 0.25) is 0 Å². The van der Waals surface area contributed by atoms with E-state index in [0.717, 1.165) is 19.4 Å². The van der Waals surface area contributed by atoms with Crippen molar-refractivity contribution >= 4 is 0 Å². The van der Waals surface area contributed by atoms with E-state index in [1.165, 1.54) is 5.56 Å². The van der Waals surface area contributed by atoms with Gasteiger partial charge in [-0.2, -0.15) is 0 Å². The van der Waals surface area contributed by atoms with Crippen LogP contribution >= 0.6 is 0 Å². The van der Waals surface area contributed by atoms with Crippen molar-refractivity contribution in [2.24, 2.45) is 0 Å². The van der Waals surface area contributed by atoms with Crippen molar-refractivity contribution < 1.29 is 4.74 Å². The Labute approximate surface area is 105 Å². The van der Waals surface area contributed by atoms with E-state index in [2.05, 4.69) is 56.4 Å². The second-order valence-corrected chi connectivity index (χ2v) is 5.14. The molecule has 17 heavy (non-hydrogen) atoms. The summed E-state index contributed by atoms with van der Waals surface area (Å²) in [4.78, 5) is 0. The zero-order valence-corrected chi connectivity index (χ0v) is 11.5. The standard InChI is InChI=1S/C15H25NO/c1-5-14(16-12-15(2,3)17-4)11-13-9-7-6-8-10-13/h6-10,14,16H,5,11-12H2,1-4H3. The van der Waals surface area contributed by atoms with Crippen LogP contribution in [-0.4, -0.2) is 25.3 Å². The first kappa shape index (κ1) is 14.2. The summed E-state index contributed by atoms with van der Waals surface area (Å²) in [5.41, 5.74) is 1.30. The van der Waals surface area contributed by atoms with E-state index in [-0.39, 0.29) is 5.60 Å². The summed E-state index contributed by atoms with van der Waals surface area (Å²) >= 11 is 0. The van der Waals surface area contributed by atoms with Crippen LogP contribution in [0.1, 0.15) is 32.8 Å². The van der Waals surface area contributed by atoms with Crippen molar-refractivity contribution in [2.75, 3.05) is 13.7 Å². The summed E-state index contributed by atoms with van der Waals surface area (Å²) in [6.07, 6.45) is 2.21. The Kier molecular flexibility index (Phi) is 5.66. The van der Waals surface area contributed by atoms with Gasteiger partial charge in [0.1, 0.15) is 0 Å². The molecule has 0 fully saturated rings. The van der Waals surface area contributed by atoms with Crippen LogP contribution in [0.25, 0.3) is 0 Å². The highest BCUT2D eigenvalue weighted by molar-refractivity contribution is 5.15. The minimum absolute atomic E-state index is 0.0931. The molecular weight excluding hydrogens is 210 g/mol. The smallest absolute Gasteiger partial charge is 0.0746 e. The van der Waals surface area contributed by atoms with Gasteiger partial charge in [0.05, 0.1) is 5.60 Å². The lowest BCUT2D eigenvalue weighted by atomic mass is 10.0. The zero-order chi connectivity index (χ0) is 12.7. The van der Waals surface area contributed by atoms with Crippen molar-refractivity contribution in [1.29, 1.82) is 0 Å². The van der Waals surface area contributed by atoms with Crippen molar-refractivity contribution in [1.82, 2.24) is 5.32 Å². The van der Waals surface area contributed by atoms with Gasteiger partial charge in [-0.3, -0.25) is 0 Å². The van der Waals surface area contributed by atoms with Crippen LogP contribution < -0.4 is 5.32 Å².